The molecule has 5 heteroatoms. The Labute approximate surface area is 103 Å². The van der Waals surface area contributed by atoms with Crippen LogP contribution in [0.2, 0.25) is 0 Å². The molecule has 0 aliphatic carbocycles. The van der Waals surface area contributed by atoms with Crippen LogP contribution in [0.25, 0.3) is 0 Å². The van der Waals surface area contributed by atoms with E-state index in [0.29, 0.717) is 0 Å². The van der Waals surface area contributed by atoms with Gasteiger partial charge in [0, 0.05) is 31.6 Å². The summed E-state index contributed by atoms with van der Waals surface area (Å²) in [5.74, 6) is -0.0734. The van der Waals surface area contributed by atoms with Gasteiger partial charge in [-0.1, -0.05) is 20.8 Å². The Morgan fingerprint density at radius 1 is 1.12 bits per heavy atom. The van der Waals surface area contributed by atoms with Crippen molar-refractivity contribution in [2.75, 3.05) is 39.8 Å². The molecular weight excluding hydrogens is 218 g/mol. The molecule has 98 valence electrons. The lowest BCUT2D eigenvalue weighted by molar-refractivity contribution is -0.136. The highest BCUT2D eigenvalue weighted by molar-refractivity contribution is 5.87. The first-order valence-electron chi connectivity index (χ1n) is 6.05. The third-order valence-electron chi connectivity index (χ3n) is 2.94. The van der Waals surface area contributed by atoms with Gasteiger partial charge in [-0.15, -0.1) is 0 Å². The smallest absolute Gasteiger partial charge is 0.242 e. The van der Waals surface area contributed by atoms with Gasteiger partial charge in [-0.3, -0.25) is 9.59 Å². The molecule has 1 saturated heterocycles. The van der Waals surface area contributed by atoms with E-state index in [1.165, 1.54) is 0 Å². The van der Waals surface area contributed by atoms with Crippen LogP contribution in [0.1, 0.15) is 20.8 Å². The van der Waals surface area contributed by atoms with Crippen LogP contribution in [0.5, 0.6) is 0 Å². The number of nitrogens with one attached hydrogen (secondary N) is 1. The third kappa shape index (κ3) is 4.34. The average molecular weight is 241 g/mol. The second-order valence-electron chi connectivity index (χ2n) is 5.62. The zero-order valence-corrected chi connectivity index (χ0v) is 11.2. The number of carbonyl (C=O) groups excluding carboxylic acids is 2. The first-order chi connectivity index (χ1) is 7.80. The van der Waals surface area contributed by atoms with Gasteiger partial charge < -0.3 is 15.1 Å². The van der Waals surface area contributed by atoms with Crippen LogP contribution in [-0.2, 0) is 9.59 Å². The van der Waals surface area contributed by atoms with Gasteiger partial charge in [0.05, 0.1) is 6.54 Å². The van der Waals surface area contributed by atoms with Crippen molar-refractivity contribution < 1.29 is 9.59 Å². The van der Waals surface area contributed by atoms with Crippen molar-refractivity contribution in [1.29, 1.82) is 0 Å². The molecule has 5 nitrogen and oxygen atoms in total. The molecule has 0 saturated carbocycles. The quantitative estimate of drug-likeness (QED) is 0.736. The summed E-state index contributed by atoms with van der Waals surface area (Å²) in [6.45, 7) is 8.92. The maximum Gasteiger partial charge on any atom is 0.242 e. The van der Waals surface area contributed by atoms with E-state index in [9.17, 15) is 9.59 Å². The predicted octanol–water partition coefficient (Wildman–Crippen LogP) is -0.0773. The van der Waals surface area contributed by atoms with E-state index in [1.54, 1.807) is 0 Å². The molecule has 1 N–H and O–H groups in total. The Hall–Kier alpha value is -1.10. The number of amides is 2. The van der Waals surface area contributed by atoms with Crippen molar-refractivity contribution in [2.45, 2.75) is 20.8 Å². The largest absolute Gasteiger partial charge is 0.347 e. The molecule has 0 atom stereocenters. The molecule has 2 amide bonds. The number of piperazine rings is 1. The van der Waals surface area contributed by atoms with Crippen LogP contribution in [0.15, 0.2) is 0 Å². The van der Waals surface area contributed by atoms with Crippen LogP contribution in [0, 0.1) is 5.41 Å². The van der Waals surface area contributed by atoms with Gasteiger partial charge in [-0.25, -0.2) is 0 Å². The molecule has 1 aliphatic rings. The lowest BCUT2D eigenvalue weighted by atomic mass is 9.96. The highest BCUT2D eigenvalue weighted by Crippen LogP contribution is 2.12. The number of likely N-dealkylation sites (N-methyl/N-ethyl adjacent to an activating group) is 1. The fourth-order valence-electron chi connectivity index (χ4n) is 1.59. The fourth-order valence-corrected chi connectivity index (χ4v) is 1.59. The molecule has 0 radical (unpaired) electrons. The molecule has 0 bridgehead atoms. The number of rotatable bonds is 2. The van der Waals surface area contributed by atoms with E-state index in [-0.39, 0.29) is 18.4 Å². The molecule has 0 aromatic rings. The normalized spacial score (nSPS) is 18.0. The number of hydrogen-bond donors (Lipinski definition) is 1. The van der Waals surface area contributed by atoms with Gasteiger partial charge in [0.2, 0.25) is 11.8 Å². The topological polar surface area (TPSA) is 52.6 Å². The molecule has 0 aromatic heterocycles. The van der Waals surface area contributed by atoms with E-state index in [0.717, 1.165) is 26.2 Å². The Morgan fingerprint density at radius 2 is 1.65 bits per heavy atom. The van der Waals surface area contributed by atoms with Gasteiger partial charge in [0.15, 0.2) is 0 Å². The highest BCUT2D eigenvalue weighted by atomic mass is 16.2. The predicted molar refractivity (Wildman–Crippen MR) is 66.5 cm³/mol. The standard InChI is InChI=1S/C12H23N3O2/c1-12(2,3)11(17)13-9-10(16)15-7-5-14(4)6-8-15/h5-9H2,1-4H3,(H,13,17). The third-order valence-corrected chi connectivity index (χ3v) is 2.94. The van der Waals surface area contributed by atoms with E-state index in [4.69, 9.17) is 0 Å². The zero-order valence-electron chi connectivity index (χ0n) is 11.2. The van der Waals surface area contributed by atoms with Crippen LogP contribution in [-0.4, -0.2) is 61.4 Å². The summed E-state index contributed by atoms with van der Waals surface area (Å²) >= 11 is 0. The van der Waals surface area contributed by atoms with Crippen LogP contribution in [0.3, 0.4) is 0 Å². The van der Waals surface area contributed by atoms with Crippen molar-refractivity contribution in [3.8, 4) is 0 Å². The molecule has 1 rings (SSSR count). The van der Waals surface area contributed by atoms with E-state index >= 15 is 0 Å². The van der Waals surface area contributed by atoms with Crippen molar-refractivity contribution in [1.82, 2.24) is 15.1 Å². The Bertz CT molecular complexity index is 289. The molecule has 17 heavy (non-hydrogen) atoms. The van der Waals surface area contributed by atoms with Gasteiger partial charge in [-0.05, 0) is 7.05 Å². The minimum atomic E-state index is -0.442. The van der Waals surface area contributed by atoms with Gasteiger partial charge in [0.1, 0.15) is 0 Å². The van der Waals surface area contributed by atoms with Crippen molar-refractivity contribution in [2.24, 2.45) is 5.41 Å². The van der Waals surface area contributed by atoms with Crippen LogP contribution >= 0.6 is 0 Å². The highest BCUT2D eigenvalue weighted by Gasteiger charge is 2.23. The lowest BCUT2D eigenvalue weighted by Crippen LogP contribution is -2.50. The summed E-state index contributed by atoms with van der Waals surface area (Å²) in [6.07, 6.45) is 0. The summed E-state index contributed by atoms with van der Waals surface area (Å²) in [4.78, 5) is 27.4. The second kappa shape index (κ2) is 5.49. The molecule has 1 aliphatic heterocycles. The number of hydrogen-bond acceptors (Lipinski definition) is 3. The summed E-state index contributed by atoms with van der Waals surface area (Å²) in [5.41, 5.74) is -0.442. The lowest BCUT2D eigenvalue weighted by Gasteiger charge is -2.32. The van der Waals surface area contributed by atoms with Gasteiger partial charge in [0.25, 0.3) is 0 Å². The Morgan fingerprint density at radius 3 is 2.12 bits per heavy atom. The molecule has 0 unspecified atom stereocenters. The molecule has 0 aromatic carbocycles. The van der Waals surface area contributed by atoms with Gasteiger partial charge in [-0.2, -0.15) is 0 Å². The first-order valence-corrected chi connectivity index (χ1v) is 6.05. The first kappa shape index (κ1) is 14.0. The van der Waals surface area contributed by atoms with E-state index < -0.39 is 5.41 Å². The number of carbonyl (C=O) groups is 2. The fraction of sp³-hybridized carbons (Fsp3) is 0.833. The van der Waals surface area contributed by atoms with Gasteiger partial charge >= 0.3 is 0 Å². The Kier molecular flexibility index (Phi) is 4.51. The molecule has 1 heterocycles. The van der Waals surface area contributed by atoms with E-state index in [1.807, 2.05) is 32.7 Å². The summed E-state index contributed by atoms with van der Waals surface area (Å²) in [6, 6.07) is 0. The summed E-state index contributed by atoms with van der Waals surface area (Å²) in [5, 5.41) is 2.69. The average Bonchev–Trinajstić information content (AvgIpc) is 2.25. The maximum absolute atomic E-state index is 11.8. The van der Waals surface area contributed by atoms with Crippen LogP contribution < -0.4 is 5.32 Å². The van der Waals surface area contributed by atoms with Crippen molar-refractivity contribution >= 4 is 11.8 Å². The SMILES string of the molecule is CN1CCN(C(=O)CNC(=O)C(C)(C)C)CC1. The monoisotopic (exact) mass is 241 g/mol. The molecular formula is C12H23N3O2. The van der Waals surface area contributed by atoms with E-state index in [2.05, 4.69) is 10.2 Å². The minimum absolute atomic E-state index is 0.00991. The summed E-state index contributed by atoms with van der Waals surface area (Å²) in [7, 11) is 2.04. The molecule has 1 fully saturated rings. The second-order valence-corrected chi connectivity index (χ2v) is 5.62. The van der Waals surface area contributed by atoms with Crippen molar-refractivity contribution in [3.05, 3.63) is 0 Å². The Balaban J connectivity index is 2.33. The number of nitrogens with zero attached hydrogens (tertiary/aromatic N) is 2. The summed E-state index contributed by atoms with van der Waals surface area (Å²) < 4.78 is 0. The van der Waals surface area contributed by atoms with Crippen molar-refractivity contribution in [3.63, 3.8) is 0 Å². The maximum atomic E-state index is 11.8. The molecule has 0 spiro atoms. The zero-order chi connectivity index (χ0) is 13.1. The minimum Gasteiger partial charge on any atom is -0.347 e. The van der Waals surface area contributed by atoms with Crippen LogP contribution in [0.4, 0.5) is 0 Å².